The van der Waals surface area contributed by atoms with Gasteiger partial charge < -0.3 is 10.4 Å². The lowest BCUT2D eigenvalue weighted by Gasteiger charge is -2.22. The summed E-state index contributed by atoms with van der Waals surface area (Å²) in [5.41, 5.74) is 2.10. The van der Waals surface area contributed by atoms with Gasteiger partial charge in [0, 0.05) is 5.56 Å². The summed E-state index contributed by atoms with van der Waals surface area (Å²) in [6, 6.07) is 3.56. The van der Waals surface area contributed by atoms with Crippen LogP contribution in [-0.4, -0.2) is 28.4 Å². The van der Waals surface area contributed by atoms with Crippen LogP contribution in [0.5, 0.6) is 0 Å². The number of carbonyl (C=O) groups excluding carboxylic acids is 1. The molecule has 1 amide bonds. The molecule has 1 unspecified atom stereocenters. The summed E-state index contributed by atoms with van der Waals surface area (Å²) in [5.74, 6) is -0.750. The number of rotatable bonds is 3. The number of aryl methyl sites for hydroxylation is 2. The molecule has 5 heteroatoms. The van der Waals surface area contributed by atoms with Gasteiger partial charge in [-0.15, -0.1) is 0 Å². The van der Waals surface area contributed by atoms with Crippen molar-refractivity contribution in [3.05, 3.63) is 34.4 Å². The van der Waals surface area contributed by atoms with E-state index in [2.05, 4.69) is 10.3 Å². The van der Waals surface area contributed by atoms with E-state index in [9.17, 15) is 14.7 Å². The van der Waals surface area contributed by atoms with Crippen LogP contribution >= 0.6 is 0 Å². The van der Waals surface area contributed by atoms with Crippen LogP contribution in [0.3, 0.4) is 0 Å². The third-order valence-corrected chi connectivity index (χ3v) is 4.65. The van der Waals surface area contributed by atoms with E-state index in [4.69, 9.17) is 0 Å². The van der Waals surface area contributed by atoms with Crippen molar-refractivity contribution in [3.8, 4) is 0 Å². The monoisotopic (exact) mass is 286 g/mol. The van der Waals surface area contributed by atoms with Gasteiger partial charge in [-0.2, -0.15) is 0 Å². The Balaban J connectivity index is 2.12. The van der Waals surface area contributed by atoms with Gasteiger partial charge >= 0.3 is 5.97 Å². The summed E-state index contributed by atoms with van der Waals surface area (Å²) in [6.07, 6.45) is 1.86. The first-order valence-electron chi connectivity index (χ1n) is 7.13. The molecule has 1 heterocycles. The number of benzene rings is 1. The number of hydrogen-bond donors (Lipinski definition) is 2. The van der Waals surface area contributed by atoms with Gasteiger partial charge in [-0.25, -0.2) is 4.79 Å². The molecule has 2 N–H and O–H groups in total. The maximum absolute atomic E-state index is 12.2. The van der Waals surface area contributed by atoms with Crippen LogP contribution in [-0.2, 0) is 17.6 Å². The molecular formula is C16H18N2O3. The van der Waals surface area contributed by atoms with Crippen LogP contribution in [0.4, 0.5) is 0 Å². The van der Waals surface area contributed by atoms with Gasteiger partial charge in [-0.1, -0.05) is 13.8 Å². The van der Waals surface area contributed by atoms with Crippen LogP contribution in [0.1, 0.15) is 47.8 Å². The molecule has 110 valence electrons. The van der Waals surface area contributed by atoms with Gasteiger partial charge in [0.05, 0.1) is 5.56 Å². The number of aliphatic imine (C=N–C) groups is 1. The smallest absolute Gasteiger partial charge is 0.336 e. The Morgan fingerprint density at radius 2 is 1.95 bits per heavy atom. The highest BCUT2D eigenvalue weighted by Gasteiger charge is 2.42. The standard InChI is InChI=1S/C16H18N2O3/c1-8(2)16(3)15(21)17-13(18-16)11-6-9-4-5-10(9)7-12(11)14(19)20/h6-8H,4-5H2,1-3H3,(H,19,20)(H,17,18,21). The Kier molecular flexibility index (Phi) is 2.90. The van der Waals surface area contributed by atoms with E-state index in [0.29, 0.717) is 11.4 Å². The molecule has 0 bridgehead atoms. The van der Waals surface area contributed by atoms with Crippen LogP contribution in [0.15, 0.2) is 17.1 Å². The second kappa shape index (κ2) is 4.41. The number of carboxylic acids is 1. The van der Waals surface area contributed by atoms with Gasteiger partial charge in [-0.05, 0) is 48.9 Å². The molecule has 3 rings (SSSR count). The van der Waals surface area contributed by atoms with Gasteiger partial charge in [0.1, 0.15) is 11.4 Å². The second-order valence-electron chi connectivity index (χ2n) is 6.19. The molecule has 0 fully saturated rings. The zero-order valence-electron chi connectivity index (χ0n) is 12.4. The quantitative estimate of drug-likeness (QED) is 0.889. The summed E-state index contributed by atoms with van der Waals surface area (Å²) in [5, 5.41) is 12.2. The van der Waals surface area contributed by atoms with Crippen molar-refractivity contribution >= 4 is 17.7 Å². The third-order valence-electron chi connectivity index (χ3n) is 4.65. The predicted octanol–water partition coefficient (Wildman–Crippen LogP) is 1.77. The lowest BCUT2D eigenvalue weighted by molar-refractivity contribution is -0.124. The zero-order valence-corrected chi connectivity index (χ0v) is 12.4. The van der Waals surface area contributed by atoms with Crippen molar-refractivity contribution in [1.82, 2.24) is 5.32 Å². The minimum Gasteiger partial charge on any atom is -0.478 e. The van der Waals surface area contributed by atoms with Crippen molar-refractivity contribution in [2.24, 2.45) is 10.9 Å². The highest BCUT2D eigenvalue weighted by Crippen LogP contribution is 2.31. The molecular weight excluding hydrogens is 268 g/mol. The molecule has 1 atom stereocenters. The highest BCUT2D eigenvalue weighted by molar-refractivity contribution is 6.18. The first-order chi connectivity index (χ1) is 9.83. The van der Waals surface area contributed by atoms with Crippen molar-refractivity contribution in [2.45, 2.75) is 39.2 Å². The van der Waals surface area contributed by atoms with Crippen molar-refractivity contribution in [2.75, 3.05) is 0 Å². The summed E-state index contributed by atoms with van der Waals surface area (Å²) in [4.78, 5) is 28.2. The Hall–Kier alpha value is -2.17. The van der Waals surface area contributed by atoms with Crippen LogP contribution in [0.25, 0.3) is 0 Å². The summed E-state index contributed by atoms with van der Waals surface area (Å²) in [6.45, 7) is 5.64. The van der Waals surface area contributed by atoms with E-state index in [1.807, 2.05) is 19.9 Å². The topological polar surface area (TPSA) is 78.8 Å². The summed E-state index contributed by atoms with van der Waals surface area (Å²) < 4.78 is 0. The van der Waals surface area contributed by atoms with Gasteiger partial charge in [0.25, 0.3) is 5.91 Å². The largest absolute Gasteiger partial charge is 0.478 e. The Morgan fingerprint density at radius 3 is 2.43 bits per heavy atom. The lowest BCUT2D eigenvalue weighted by atomic mass is 9.84. The highest BCUT2D eigenvalue weighted by atomic mass is 16.4. The lowest BCUT2D eigenvalue weighted by Crippen LogP contribution is -2.41. The van der Waals surface area contributed by atoms with E-state index in [1.54, 1.807) is 13.0 Å². The predicted molar refractivity (Wildman–Crippen MR) is 78.7 cm³/mol. The number of amides is 1. The van der Waals surface area contributed by atoms with Gasteiger partial charge in [0.15, 0.2) is 0 Å². The zero-order chi connectivity index (χ0) is 15.4. The first-order valence-corrected chi connectivity index (χ1v) is 7.13. The Labute approximate surface area is 123 Å². The number of carbonyl (C=O) groups is 2. The number of hydrogen-bond acceptors (Lipinski definition) is 3. The fourth-order valence-electron chi connectivity index (χ4n) is 2.68. The fraction of sp³-hybridized carbons (Fsp3) is 0.438. The number of carboxylic acid groups (broad SMARTS) is 1. The molecule has 0 radical (unpaired) electrons. The Bertz CT molecular complexity index is 691. The van der Waals surface area contributed by atoms with Crippen LogP contribution < -0.4 is 5.32 Å². The molecule has 0 aromatic heterocycles. The number of aromatic carboxylic acids is 1. The second-order valence-corrected chi connectivity index (χ2v) is 6.19. The van der Waals surface area contributed by atoms with Crippen molar-refractivity contribution < 1.29 is 14.7 Å². The third kappa shape index (κ3) is 1.95. The Morgan fingerprint density at radius 1 is 1.33 bits per heavy atom. The van der Waals surface area contributed by atoms with Crippen molar-refractivity contribution in [3.63, 3.8) is 0 Å². The molecule has 1 aliphatic heterocycles. The number of nitrogens with one attached hydrogen (secondary N) is 1. The van der Waals surface area contributed by atoms with E-state index in [1.165, 1.54) is 0 Å². The normalized spacial score (nSPS) is 23.4. The SMILES string of the molecule is CC(C)C1(C)N=C(c2cc3c(cc2C(=O)O)CC3)NC1=O. The molecule has 0 saturated heterocycles. The molecule has 0 saturated carbocycles. The molecule has 21 heavy (non-hydrogen) atoms. The summed E-state index contributed by atoms with van der Waals surface area (Å²) >= 11 is 0. The fourth-order valence-corrected chi connectivity index (χ4v) is 2.68. The number of amidine groups is 1. The van der Waals surface area contributed by atoms with Gasteiger partial charge in [0.2, 0.25) is 0 Å². The van der Waals surface area contributed by atoms with E-state index < -0.39 is 11.5 Å². The molecule has 1 aromatic rings. The minimum absolute atomic E-state index is 0.0370. The number of nitrogens with zero attached hydrogens (tertiary/aromatic N) is 1. The minimum atomic E-state index is -0.991. The molecule has 5 nitrogen and oxygen atoms in total. The average molecular weight is 286 g/mol. The van der Waals surface area contributed by atoms with E-state index in [-0.39, 0.29) is 17.4 Å². The maximum atomic E-state index is 12.2. The molecule has 0 spiro atoms. The van der Waals surface area contributed by atoms with E-state index >= 15 is 0 Å². The van der Waals surface area contributed by atoms with Crippen LogP contribution in [0.2, 0.25) is 0 Å². The van der Waals surface area contributed by atoms with Crippen LogP contribution in [0, 0.1) is 5.92 Å². The van der Waals surface area contributed by atoms with Crippen molar-refractivity contribution in [1.29, 1.82) is 0 Å². The van der Waals surface area contributed by atoms with E-state index in [0.717, 1.165) is 24.0 Å². The first kappa shape index (κ1) is 13.8. The molecule has 1 aliphatic carbocycles. The molecule has 2 aliphatic rings. The van der Waals surface area contributed by atoms with Gasteiger partial charge in [-0.3, -0.25) is 9.79 Å². The number of fused-ring (bicyclic) bond motifs is 1. The summed E-state index contributed by atoms with van der Waals surface area (Å²) in [7, 11) is 0. The maximum Gasteiger partial charge on any atom is 0.336 e. The average Bonchev–Trinajstić information content (AvgIpc) is 2.68. The molecule has 1 aromatic carbocycles.